The van der Waals surface area contributed by atoms with Gasteiger partial charge in [-0.05, 0) is 67.6 Å². The number of Topliss-reactive ketones (excluding diaryl/α,β-unsaturated/α-hetero) is 1. The first kappa shape index (κ1) is 19.1. The molecule has 5 nitrogen and oxygen atoms in total. The maximum absolute atomic E-state index is 13.2. The van der Waals surface area contributed by atoms with Gasteiger partial charge in [-0.25, -0.2) is 4.39 Å². The maximum atomic E-state index is 13.2. The summed E-state index contributed by atoms with van der Waals surface area (Å²) < 4.78 is 24.1. The molecule has 0 heterocycles. The molecular weight excluding hydrogens is 361 g/mol. The maximum Gasteiger partial charge on any atom is 0.262 e. The van der Waals surface area contributed by atoms with Crippen LogP contribution in [-0.2, 0) is 4.79 Å². The van der Waals surface area contributed by atoms with Crippen LogP contribution in [0.2, 0.25) is 0 Å². The number of carbonyl (C=O) groups excluding carboxylic acids is 2. The summed E-state index contributed by atoms with van der Waals surface area (Å²) in [4.78, 5) is 23.2. The van der Waals surface area contributed by atoms with E-state index in [0.29, 0.717) is 28.5 Å². The zero-order valence-corrected chi connectivity index (χ0v) is 15.1. The van der Waals surface area contributed by atoms with Crippen molar-refractivity contribution in [2.24, 2.45) is 0 Å². The van der Waals surface area contributed by atoms with Crippen molar-refractivity contribution in [1.29, 1.82) is 0 Å². The van der Waals surface area contributed by atoms with E-state index < -0.39 is 0 Å². The molecule has 1 N–H and O–H groups in total. The van der Waals surface area contributed by atoms with Crippen molar-refractivity contribution in [3.05, 3.63) is 84.2 Å². The molecule has 3 aromatic rings. The fourth-order valence-electron chi connectivity index (χ4n) is 2.40. The quantitative estimate of drug-likeness (QED) is 0.597. The number of hydrogen-bond acceptors (Lipinski definition) is 4. The summed E-state index contributed by atoms with van der Waals surface area (Å²) in [5, 5.41) is 2.71. The molecule has 0 aromatic heterocycles. The molecule has 1 amide bonds. The molecule has 0 radical (unpaired) electrons. The lowest BCUT2D eigenvalue weighted by molar-refractivity contribution is -0.118. The SMILES string of the molecule is CC(=O)c1ccc(OCC(=O)Nc2ccc(Oc3cccc(F)c3)cc2)cc1. The summed E-state index contributed by atoms with van der Waals surface area (Å²) in [7, 11) is 0. The molecule has 3 aromatic carbocycles. The van der Waals surface area contributed by atoms with Crippen molar-refractivity contribution in [1.82, 2.24) is 0 Å². The molecular formula is C22H18FNO4. The minimum atomic E-state index is -0.377. The van der Waals surface area contributed by atoms with Crippen LogP contribution in [0.3, 0.4) is 0 Å². The van der Waals surface area contributed by atoms with E-state index in [1.807, 2.05) is 0 Å². The van der Waals surface area contributed by atoms with Gasteiger partial charge in [0.2, 0.25) is 0 Å². The molecule has 28 heavy (non-hydrogen) atoms. The number of rotatable bonds is 7. The summed E-state index contributed by atoms with van der Waals surface area (Å²) >= 11 is 0. The third-order valence-corrected chi connectivity index (χ3v) is 3.80. The smallest absolute Gasteiger partial charge is 0.262 e. The van der Waals surface area contributed by atoms with Gasteiger partial charge in [0.25, 0.3) is 5.91 Å². The summed E-state index contributed by atoms with van der Waals surface area (Å²) in [6, 6.07) is 19.1. The van der Waals surface area contributed by atoms with Crippen molar-refractivity contribution >= 4 is 17.4 Å². The molecule has 0 spiro atoms. The predicted octanol–water partition coefficient (Wildman–Crippen LogP) is 4.84. The molecule has 0 saturated carbocycles. The van der Waals surface area contributed by atoms with Gasteiger partial charge in [0, 0.05) is 17.3 Å². The number of hydrogen-bond donors (Lipinski definition) is 1. The lowest BCUT2D eigenvalue weighted by atomic mass is 10.1. The topological polar surface area (TPSA) is 64.6 Å². The second-order valence-corrected chi connectivity index (χ2v) is 6.00. The van der Waals surface area contributed by atoms with Gasteiger partial charge in [0.1, 0.15) is 23.1 Å². The fraction of sp³-hybridized carbons (Fsp3) is 0.0909. The van der Waals surface area contributed by atoms with Crippen LogP contribution >= 0.6 is 0 Å². The van der Waals surface area contributed by atoms with Crippen molar-refractivity contribution < 1.29 is 23.5 Å². The Morgan fingerprint density at radius 1 is 0.893 bits per heavy atom. The van der Waals surface area contributed by atoms with Gasteiger partial charge >= 0.3 is 0 Å². The second-order valence-electron chi connectivity index (χ2n) is 6.00. The number of ketones is 1. The van der Waals surface area contributed by atoms with Crippen LogP contribution < -0.4 is 14.8 Å². The van der Waals surface area contributed by atoms with Crippen LogP contribution in [0.4, 0.5) is 10.1 Å². The lowest BCUT2D eigenvalue weighted by Gasteiger charge is -2.09. The highest BCUT2D eigenvalue weighted by Crippen LogP contribution is 2.23. The van der Waals surface area contributed by atoms with Crippen LogP contribution in [0.1, 0.15) is 17.3 Å². The van der Waals surface area contributed by atoms with Gasteiger partial charge in [-0.15, -0.1) is 0 Å². The molecule has 0 aliphatic heterocycles. The van der Waals surface area contributed by atoms with Gasteiger partial charge in [0.15, 0.2) is 12.4 Å². The number of amides is 1. The van der Waals surface area contributed by atoms with E-state index in [2.05, 4.69) is 5.32 Å². The van der Waals surface area contributed by atoms with Crippen molar-refractivity contribution in [2.75, 3.05) is 11.9 Å². The Morgan fingerprint density at radius 3 is 2.21 bits per heavy atom. The summed E-state index contributed by atoms with van der Waals surface area (Å²) in [6.45, 7) is 1.32. The first-order valence-corrected chi connectivity index (χ1v) is 8.57. The number of halogens is 1. The summed E-state index contributed by atoms with van der Waals surface area (Å²) in [5.41, 5.74) is 1.16. The fourth-order valence-corrected chi connectivity index (χ4v) is 2.40. The number of carbonyl (C=O) groups is 2. The molecule has 0 fully saturated rings. The molecule has 0 aliphatic carbocycles. The van der Waals surface area contributed by atoms with Crippen LogP contribution in [0.5, 0.6) is 17.2 Å². The Balaban J connectivity index is 1.50. The van der Waals surface area contributed by atoms with Gasteiger partial charge in [-0.1, -0.05) is 6.07 Å². The molecule has 3 rings (SSSR count). The van der Waals surface area contributed by atoms with E-state index in [9.17, 15) is 14.0 Å². The first-order valence-electron chi connectivity index (χ1n) is 8.57. The minimum absolute atomic E-state index is 0.0332. The molecule has 0 unspecified atom stereocenters. The molecule has 0 saturated heterocycles. The van der Waals surface area contributed by atoms with Crippen LogP contribution in [0.15, 0.2) is 72.8 Å². The van der Waals surface area contributed by atoms with E-state index in [4.69, 9.17) is 9.47 Å². The van der Waals surface area contributed by atoms with Gasteiger partial charge in [0.05, 0.1) is 0 Å². The highest BCUT2D eigenvalue weighted by Gasteiger charge is 2.06. The third kappa shape index (κ3) is 5.41. The lowest BCUT2D eigenvalue weighted by Crippen LogP contribution is -2.20. The van der Waals surface area contributed by atoms with Crippen LogP contribution in [0.25, 0.3) is 0 Å². The van der Waals surface area contributed by atoms with E-state index in [1.165, 1.54) is 19.1 Å². The molecule has 0 bridgehead atoms. The Morgan fingerprint density at radius 2 is 1.57 bits per heavy atom. The van der Waals surface area contributed by atoms with Crippen molar-refractivity contribution in [3.8, 4) is 17.2 Å². The average Bonchev–Trinajstić information content (AvgIpc) is 2.68. The standard InChI is InChI=1S/C22H18FNO4/c1-15(25)16-5-9-19(10-6-16)27-14-22(26)24-18-7-11-20(12-8-18)28-21-4-2-3-17(23)13-21/h2-13H,14H2,1H3,(H,24,26). The van der Waals surface area contributed by atoms with Crippen LogP contribution in [-0.4, -0.2) is 18.3 Å². The van der Waals surface area contributed by atoms with E-state index in [-0.39, 0.29) is 24.1 Å². The molecule has 142 valence electrons. The molecule has 6 heteroatoms. The van der Waals surface area contributed by atoms with Crippen LogP contribution in [0, 0.1) is 5.82 Å². The highest BCUT2D eigenvalue weighted by atomic mass is 19.1. The average molecular weight is 379 g/mol. The van der Waals surface area contributed by atoms with Gasteiger partial charge in [-0.3, -0.25) is 9.59 Å². The predicted molar refractivity (Wildman–Crippen MR) is 103 cm³/mol. The minimum Gasteiger partial charge on any atom is -0.484 e. The largest absolute Gasteiger partial charge is 0.484 e. The second kappa shape index (κ2) is 8.81. The third-order valence-electron chi connectivity index (χ3n) is 3.80. The Kier molecular flexibility index (Phi) is 6.01. The monoisotopic (exact) mass is 379 g/mol. The Bertz CT molecular complexity index is 969. The van der Waals surface area contributed by atoms with E-state index >= 15 is 0 Å². The number of nitrogens with one attached hydrogen (secondary N) is 1. The van der Waals surface area contributed by atoms with Gasteiger partial charge in [-0.2, -0.15) is 0 Å². The molecule has 0 atom stereocenters. The first-order chi connectivity index (χ1) is 13.5. The van der Waals surface area contributed by atoms with E-state index in [0.717, 1.165) is 0 Å². The number of ether oxygens (including phenoxy) is 2. The molecule has 0 aliphatic rings. The summed E-state index contributed by atoms with van der Waals surface area (Å²) in [6.07, 6.45) is 0. The normalized spacial score (nSPS) is 10.2. The highest BCUT2D eigenvalue weighted by molar-refractivity contribution is 5.94. The number of benzene rings is 3. The Hall–Kier alpha value is -3.67. The van der Waals surface area contributed by atoms with E-state index in [1.54, 1.807) is 60.7 Å². The zero-order chi connectivity index (χ0) is 19.9. The summed E-state index contributed by atoms with van der Waals surface area (Å²) in [5.74, 6) is 0.672. The van der Waals surface area contributed by atoms with Crippen molar-refractivity contribution in [3.63, 3.8) is 0 Å². The number of anilines is 1. The van der Waals surface area contributed by atoms with Gasteiger partial charge < -0.3 is 14.8 Å². The zero-order valence-electron chi connectivity index (χ0n) is 15.1. The Labute approximate surface area is 161 Å². The van der Waals surface area contributed by atoms with Crippen molar-refractivity contribution in [2.45, 2.75) is 6.92 Å².